The first-order valence-corrected chi connectivity index (χ1v) is 4.92. The van der Waals surface area contributed by atoms with Crippen molar-refractivity contribution >= 4 is 17.3 Å². The minimum Gasteiger partial charge on any atom is -0.381 e. The van der Waals surface area contributed by atoms with Crippen molar-refractivity contribution in [3.8, 4) is 6.07 Å². The second-order valence-corrected chi connectivity index (χ2v) is 4.41. The standard InChI is InChI=1S/C11H12ClFN2/c1-11(2,6-14)7-15-10-5-8(12)3-4-9(10)13/h3-5,15H,7H2,1-2H3. The van der Waals surface area contributed by atoms with Gasteiger partial charge in [-0.05, 0) is 32.0 Å². The van der Waals surface area contributed by atoms with Gasteiger partial charge in [-0.3, -0.25) is 0 Å². The maximum atomic E-state index is 13.2. The molecule has 80 valence electrons. The minimum atomic E-state index is -0.533. The van der Waals surface area contributed by atoms with Crippen LogP contribution in [0.2, 0.25) is 5.02 Å². The van der Waals surface area contributed by atoms with Gasteiger partial charge in [-0.15, -0.1) is 0 Å². The van der Waals surface area contributed by atoms with Crippen LogP contribution in [0.25, 0.3) is 0 Å². The van der Waals surface area contributed by atoms with Crippen LogP contribution in [0.4, 0.5) is 10.1 Å². The van der Waals surface area contributed by atoms with Crippen LogP contribution < -0.4 is 5.32 Å². The van der Waals surface area contributed by atoms with Crippen LogP contribution >= 0.6 is 11.6 Å². The molecule has 0 amide bonds. The van der Waals surface area contributed by atoms with Crippen LogP contribution in [0.1, 0.15) is 13.8 Å². The van der Waals surface area contributed by atoms with E-state index in [2.05, 4.69) is 11.4 Å². The molecule has 0 heterocycles. The molecule has 0 bridgehead atoms. The van der Waals surface area contributed by atoms with Gasteiger partial charge >= 0.3 is 0 Å². The summed E-state index contributed by atoms with van der Waals surface area (Å²) >= 11 is 5.73. The Balaban J connectivity index is 2.74. The third-order valence-corrected chi connectivity index (χ3v) is 2.19. The number of anilines is 1. The van der Waals surface area contributed by atoms with E-state index in [1.807, 2.05) is 0 Å². The second kappa shape index (κ2) is 4.50. The molecule has 0 aliphatic rings. The van der Waals surface area contributed by atoms with Crippen molar-refractivity contribution in [1.82, 2.24) is 0 Å². The molecule has 0 aliphatic carbocycles. The Morgan fingerprint density at radius 1 is 1.53 bits per heavy atom. The first kappa shape index (κ1) is 11.8. The maximum absolute atomic E-state index is 13.2. The number of nitriles is 1. The van der Waals surface area contributed by atoms with E-state index in [0.717, 1.165) is 0 Å². The van der Waals surface area contributed by atoms with Gasteiger partial charge in [0.2, 0.25) is 0 Å². The largest absolute Gasteiger partial charge is 0.381 e. The van der Waals surface area contributed by atoms with Crippen LogP contribution in [-0.4, -0.2) is 6.54 Å². The summed E-state index contributed by atoms with van der Waals surface area (Å²) in [6.07, 6.45) is 0. The number of hydrogen-bond donors (Lipinski definition) is 1. The van der Waals surface area contributed by atoms with Gasteiger partial charge in [0.05, 0.1) is 17.2 Å². The molecule has 0 saturated carbocycles. The number of nitrogens with zero attached hydrogens (tertiary/aromatic N) is 1. The number of nitrogens with one attached hydrogen (secondary N) is 1. The zero-order valence-corrected chi connectivity index (χ0v) is 9.40. The monoisotopic (exact) mass is 226 g/mol. The van der Waals surface area contributed by atoms with Gasteiger partial charge in [0.15, 0.2) is 0 Å². The molecule has 0 fully saturated rings. The molecule has 4 heteroatoms. The molecule has 2 nitrogen and oxygen atoms in total. The molecular formula is C11H12ClFN2. The first-order chi connectivity index (χ1) is 6.94. The normalized spacial score (nSPS) is 10.9. The number of hydrogen-bond acceptors (Lipinski definition) is 2. The van der Waals surface area contributed by atoms with E-state index < -0.39 is 5.41 Å². The summed E-state index contributed by atoms with van der Waals surface area (Å²) in [5.41, 5.74) is -0.208. The topological polar surface area (TPSA) is 35.8 Å². The molecule has 0 unspecified atom stereocenters. The summed E-state index contributed by atoms with van der Waals surface area (Å²) in [5.74, 6) is -0.367. The van der Waals surface area contributed by atoms with Crippen molar-refractivity contribution in [1.29, 1.82) is 5.26 Å². The molecule has 0 atom stereocenters. The summed E-state index contributed by atoms with van der Waals surface area (Å²) < 4.78 is 13.2. The minimum absolute atomic E-state index is 0.325. The van der Waals surface area contributed by atoms with Crippen LogP contribution in [0.5, 0.6) is 0 Å². The first-order valence-electron chi connectivity index (χ1n) is 4.55. The van der Waals surface area contributed by atoms with Gasteiger partial charge in [0, 0.05) is 11.6 Å². The van der Waals surface area contributed by atoms with Gasteiger partial charge < -0.3 is 5.32 Å². The Morgan fingerprint density at radius 2 is 2.20 bits per heavy atom. The van der Waals surface area contributed by atoms with Gasteiger partial charge in [0.1, 0.15) is 5.82 Å². The highest BCUT2D eigenvalue weighted by molar-refractivity contribution is 6.30. The predicted octanol–water partition coefficient (Wildman–Crippen LogP) is 3.44. The summed E-state index contributed by atoms with van der Waals surface area (Å²) in [6, 6.07) is 6.41. The molecule has 0 spiro atoms. The van der Waals surface area contributed by atoms with Gasteiger partial charge in [-0.25, -0.2) is 4.39 Å². The molecule has 0 saturated heterocycles. The third-order valence-electron chi connectivity index (χ3n) is 1.95. The fraction of sp³-hybridized carbons (Fsp3) is 0.364. The van der Waals surface area contributed by atoms with E-state index in [9.17, 15) is 4.39 Å². The molecular weight excluding hydrogens is 215 g/mol. The summed E-state index contributed by atoms with van der Waals surface area (Å²) in [7, 11) is 0. The summed E-state index contributed by atoms with van der Waals surface area (Å²) in [5, 5.41) is 12.1. The second-order valence-electron chi connectivity index (χ2n) is 3.97. The molecule has 1 aromatic rings. The molecule has 0 radical (unpaired) electrons. The third kappa shape index (κ3) is 3.41. The van der Waals surface area contributed by atoms with Gasteiger partial charge in [-0.1, -0.05) is 11.6 Å². The van der Waals surface area contributed by atoms with Crippen molar-refractivity contribution in [2.45, 2.75) is 13.8 Å². The molecule has 1 aromatic carbocycles. The Hall–Kier alpha value is -1.27. The van der Waals surface area contributed by atoms with Crippen molar-refractivity contribution < 1.29 is 4.39 Å². The smallest absolute Gasteiger partial charge is 0.146 e. The van der Waals surface area contributed by atoms with Gasteiger partial charge in [-0.2, -0.15) is 5.26 Å². The predicted molar refractivity (Wildman–Crippen MR) is 59.3 cm³/mol. The highest BCUT2D eigenvalue weighted by Crippen LogP contribution is 2.21. The average molecular weight is 227 g/mol. The van der Waals surface area contributed by atoms with Crippen molar-refractivity contribution in [2.24, 2.45) is 5.41 Å². The van der Waals surface area contributed by atoms with Crippen molar-refractivity contribution in [3.63, 3.8) is 0 Å². The molecule has 1 N–H and O–H groups in total. The SMILES string of the molecule is CC(C)(C#N)CNc1cc(Cl)ccc1F. The Morgan fingerprint density at radius 3 is 2.80 bits per heavy atom. The van der Waals surface area contributed by atoms with Crippen LogP contribution in [-0.2, 0) is 0 Å². The highest BCUT2D eigenvalue weighted by Gasteiger charge is 2.16. The highest BCUT2D eigenvalue weighted by atomic mass is 35.5. The van der Waals surface area contributed by atoms with E-state index >= 15 is 0 Å². The lowest BCUT2D eigenvalue weighted by Crippen LogP contribution is -2.21. The van der Waals surface area contributed by atoms with E-state index in [4.69, 9.17) is 16.9 Å². The number of halogens is 2. The zero-order valence-electron chi connectivity index (χ0n) is 8.64. The summed E-state index contributed by atoms with van der Waals surface area (Å²) in [4.78, 5) is 0. The molecule has 0 aromatic heterocycles. The Bertz CT molecular complexity index is 396. The van der Waals surface area contributed by atoms with E-state index in [1.54, 1.807) is 13.8 Å². The fourth-order valence-corrected chi connectivity index (χ4v) is 1.16. The number of rotatable bonds is 3. The van der Waals surface area contributed by atoms with Gasteiger partial charge in [0.25, 0.3) is 0 Å². The van der Waals surface area contributed by atoms with E-state index in [-0.39, 0.29) is 5.82 Å². The van der Waals surface area contributed by atoms with Crippen molar-refractivity contribution in [2.75, 3.05) is 11.9 Å². The molecule has 0 aliphatic heterocycles. The van der Waals surface area contributed by atoms with Crippen LogP contribution in [0.15, 0.2) is 18.2 Å². The molecule has 1 rings (SSSR count). The van der Waals surface area contributed by atoms with E-state index in [1.165, 1.54) is 18.2 Å². The lowest BCUT2D eigenvalue weighted by molar-refractivity contribution is 0.526. The average Bonchev–Trinajstić information content (AvgIpc) is 2.20. The van der Waals surface area contributed by atoms with Crippen molar-refractivity contribution in [3.05, 3.63) is 29.0 Å². The fourth-order valence-electron chi connectivity index (χ4n) is 0.989. The quantitative estimate of drug-likeness (QED) is 0.857. The number of benzene rings is 1. The Labute approximate surface area is 93.7 Å². The lowest BCUT2D eigenvalue weighted by Gasteiger charge is -2.17. The Kier molecular flexibility index (Phi) is 3.54. The summed E-state index contributed by atoms with van der Waals surface area (Å²) in [6.45, 7) is 3.94. The zero-order chi connectivity index (χ0) is 11.5. The van der Waals surface area contributed by atoms with E-state index in [0.29, 0.717) is 17.3 Å². The molecule has 15 heavy (non-hydrogen) atoms. The maximum Gasteiger partial charge on any atom is 0.146 e. The lowest BCUT2D eigenvalue weighted by atomic mass is 9.96. The van der Waals surface area contributed by atoms with Crippen LogP contribution in [0.3, 0.4) is 0 Å². The van der Waals surface area contributed by atoms with Crippen LogP contribution in [0, 0.1) is 22.6 Å².